The first kappa shape index (κ1) is 14.4. The molecule has 2 amide bonds. The Morgan fingerprint density at radius 3 is 2.60 bits per heavy atom. The zero-order chi connectivity index (χ0) is 14.9. The molecule has 0 radical (unpaired) electrons. The van der Waals surface area contributed by atoms with Crippen LogP contribution in [-0.4, -0.2) is 34.6 Å². The van der Waals surface area contributed by atoms with Crippen molar-refractivity contribution >= 4 is 17.7 Å². The number of benzene rings is 1. The van der Waals surface area contributed by atoms with E-state index in [2.05, 4.69) is 12.2 Å². The van der Waals surface area contributed by atoms with Gasteiger partial charge < -0.3 is 15.3 Å². The maximum atomic E-state index is 12.3. The standard InChI is InChI=1S/C15H20N2O3/c1-9-4-5-13(12(7-9)14(18)19)16-15(20)17-8-10(2)6-11(17)3/h4-5,7,10-11H,6,8H2,1-3H3,(H,16,20)(H,18,19). The Labute approximate surface area is 118 Å². The minimum atomic E-state index is -1.04. The van der Waals surface area contributed by atoms with Gasteiger partial charge in [-0.25, -0.2) is 9.59 Å². The molecule has 2 N–H and O–H groups in total. The predicted molar refractivity (Wildman–Crippen MR) is 77.1 cm³/mol. The van der Waals surface area contributed by atoms with Gasteiger partial charge in [0.25, 0.3) is 0 Å². The molecule has 5 nitrogen and oxygen atoms in total. The fourth-order valence-corrected chi connectivity index (χ4v) is 2.71. The predicted octanol–water partition coefficient (Wildman–Crippen LogP) is 2.96. The molecule has 1 aromatic carbocycles. The summed E-state index contributed by atoms with van der Waals surface area (Å²) < 4.78 is 0. The Morgan fingerprint density at radius 1 is 1.35 bits per heavy atom. The molecule has 108 valence electrons. The highest BCUT2D eigenvalue weighted by atomic mass is 16.4. The number of hydrogen-bond donors (Lipinski definition) is 2. The molecule has 0 aromatic heterocycles. The molecule has 5 heteroatoms. The monoisotopic (exact) mass is 276 g/mol. The van der Waals surface area contributed by atoms with Crippen molar-refractivity contribution in [1.82, 2.24) is 4.90 Å². The van der Waals surface area contributed by atoms with Gasteiger partial charge in [0.05, 0.1) is 11.3 Å². The highest BCUT2D eigenvalue weighted by molar-refractivity contribution is 6.00. The van der Waals surface area contributed by atoms with Crippen LogP contribution in [0.15, 0.2) is 18.2 Å². The average Bonchev–Trinajstić information content (AvgIpc) is 2.70. The molecule has 0 aliphatic carbocycles. The number of hydrogen-bond acceptors (Lipinski definition) is 2. The number of rotatable bonds is 2. The molecule has 2 rings (SSSR count). The first-order valence-corrected chi connectivity index (χ1v) is 6.80. The Kier molecular flexibility index (Phi) is 3.97. The maximum absolute atomic E-state index is 12.3. The lowest BCUT2D eigenvalue weighted by molar-refractivity contribution is 0.0698. The van der Waals surface area contributed by atoms with E-state index < -0.39 is 5.97 Å². The summed E-state index contributed by atoms with van der Waals surface area (Å²) in [5, 5.41) is 11.9. The molecule has 0 saturated carbocycles. The van der Waals surface area contributed by atoms with Crippen molar-refractivity contribution in [2.75, 3.05) is 11.9 Å². The second kappa shape index (κ2) is 5.53. The van der Waals surface area contributed by atoms with Gasteiger partial charge in [-0.1, -0.05) is 18.6 Å². The summed E-state index contributed by atoms with van der Waals surface area (Å²) in [6.45, 7) is 6.65. The summed E-state index contributed by atoms with van der Waals surface area (Å²) in [5.74, 6) is -0.556. The van der Waals surface area contributed by atoms with Crippen LogP contribution in [0.2, 0.25) is 0 Å². The summed E-state index contributed by atoms with van der Waals surface area (Å²) >= 11 is 0. The topological polar surface area (TPSA) is 69.6 Å². The molecule has 20 heavy (non-hydrogen) atoms. The van der Waals surface area contributed by atoms with E-state index in [1.165, 1.54) is 0 Å². The Bertz CT molecular complexity index is 542. The first-order valence-electron chi connectivity index (χ1n) is 6.80. The second-order valence-electron chi connectivity index (χ2n) is 5.63. The molecule has 0 bridgehead atoms. The van der Waals surface area contributed by atoms with Crippen molar-refractivity contribution < 1.29 is 14.7 Å². The Hall–Kier alpha value is -2.04. The molecule has 1 aliphatic heterocycles. The van der Waals surface area contributed by atoms with Crippen LogP contribution in [0.4, 0.5) is 10.5 Å². The molecule has 0 spiro atoms. The van der Waals surface area contributed by atoms with Crippen molar-refractivity contribution in [3.63, 3.8) is 0 Å². The van der Waals surface area contributed by atoms with E-state index in [1.54, 1.807) is 23.1 Å². The van der Waals surface area contributed by atoms with E-state index in [4.69, 9.17) is 0 Å². The number of urea groups is 1. The van der Waals surface area contributed by atoms with Crippen LogP contribution in [0.3, 0.4) is 0 Å². The molecular weight excluding hydrogens is 256 g/mol. The molecule has 1 heterocycles. The third-order valence-electron chi connectivity index (χ3n) is 3.69. The Morgan fingerprint density at radius 2 is 2.05 bits per heavy atom. The van der Waals surface area contributed by atoms with E-state index in [0.29, 0.717) is 18.2 Å². The van der Waals surface area contributed by atoms with Crippen LogP contribution in [0.1, 0.15) is 36.2 Å². The van der Waals surface area contributed by atoms with Crippen molar-refractivity contribution in [3.8, 4) is 0 Å². The fourth-order valence-electron chi connectivity index (χ4n) is 2.71. The number of amides is 2. The van der Waals surface area contributed by atoms with E-state index in [1.807, 2.05) is 13.8 Å². The number of carbonyl (C=O) groups is 2. The lowest BCUT2D eigenvalue weighted by Gasteiger charge is -2.22. The zero-order valence-electron chi connectivity index (χ0n) is 12.0. The van der Waals surface area contributed by atoms with Crippen LogP contribution in [0.25, 0.3) is 0 Å². The molecule has 1 fully saturated rings. The number of nitrogens with one attached hydrogen (secondary N) is 1. The summed E-state index contributed by atoms with van der Waals surface area (Å²) in [7, 11) is 0. The number of aryl methyl sites for hydroxylation is 1. The number of nitrogens with zero attached hydrogens (tertiary/aromatic N) is 1. The normalized spacial score (nSPS) is 21.9. The van der Waals surface area contributed by atoms with Crippen LogP contribution in [0, 0.1) is 12.8 Å². The summed E-state index contributed by atoms with van der Waals surface area (Å²) in [4.78, 5) is 25.2. The van der Waals surface area contributed by atoms with Crippen LogP contribution in [0.5, 0.6) is 0 Å². The molecule has 1 saturated heterocycles. The van der Waals surface area contributed by atoms with Crippen molar-refractivity contribution in [2.24, 2.45) is 5.92 Å². The fraction of sp³-hybridized carbons (Fsp3) is 0.467. The molecule has 1 aliphatic rings. The molecule has 2 unspecified atom stereocenters. The van der Waals surface area contributed by atoms with E-state index in [-0.39, 0.29) is 17.6 Å². The average molecular weight is 276 g/mol. The molecule has 1 aromatic rings. The highest BCUT2D eigenvalue weighted by Gasteiger charge is 2.30. The SMILES string of the molecule is Cc1ccc(NC(=O)N2CC(C)CC2C)c(C(=O)O)c1. The van der Waals surface area contributed by atoms with E-state index in [0.717, 1.165) is 12.0 Å². The summed E-state index contributed by atoms with van der Waals surface area (Å²) in [6, 6.07) is 4.95. The number of likely N-dealkylation sites (tertiary alicyclic amines) is 1. The smallest absolute Gasteiger partial charge is 0.337 e. The summed E-state index contributed by atoms with van der Waals surface area (Å²) in [5.41, 5.74) is 1.32. The molecule has 2 atom stereocenters. The quantitative estimate of drug-likeness (QED) is 0.872. The van der Waals surface area contributed by atoms with Gasteiger partial charge in [-0.15, -0.1) is 0 Å². The number of aromatic carboxylic acids is 1. The van der Waals surface area contributed by atoms with Gasteiger partial charge in [0.1, 0.15) is 0 Å². The highest BCUT2D eigenvalue weighted by Crippen LogP contribution is 2.24. The lowest BCUT2D eigenvalue weighted by Crippen LogP contribution is -2.37. The van der Waals surface area contributed by atoms with Crippen LogP contribution < -0.4 is 5.32 Å². The number of carboxylic acids is 1. The third-order valence-corrected chi connectivity index (χ3v) is 3.69. The Balaban J connectivity index is 2.18. The molecular formula is C15H20N2O3. The number of anilines is 1. The van der Waals surface area contributed by atoms with Gasteiger partial charge in [0.2, 0.25) is 0 Å². The zero-order valence-corrected chi connectivity index (χ0v) is 12.0. The first-order chi connectivity index (χ1) is 9.38. The minimum Gasteiger partial charge on any atom is -0.478 e. The van der Waals surface area contributed by atoms with Gasteiger partial charge in [0.15, 0.2) is 0 Å². The van der Waals surface area contributed by atoms with Crippen molar-refractivity contribution in [3.05, 3.63) is 29.3 Å². The van der Waals surface area contributed by atoms with Gasteiger partial charge in [-0.3, -0.25) is 0 Å². The number of carboxylic acid groups (broad SMARTS) is 1. The van der Waals surface area contributed by atoms with Gasteiger partial charge in [-0.05, 0) is 38.3 Å². The largest absolute Gasteiger partial charge is 0.478 e. The van der Waals surface area contributed by atoms with Crippen LogP contribution >= 0.6 is 0 Å². The lowest BCUT2D eigenvalue weighted by atomic mass is 10.1. The van der Waals surface area contributed by atoms with Gasteiger partial charge in [-0.2, -0.15) is 0 Å². The maximum Gasteiger partial charge on any atom is 0.337 e. The second-order valence-corrected chi connectivity index (χ2v) is 5.63. The summed E-state index contributed by atoms with van der Waals surface area (Å²) in [6.07, 6.45) is 0.979. The van der Waals surface area contributed by atoms with Crippen molar-refractivity contribution in [1.29, 1.82) is 0 Å². The minimum absolute atomic E-state index is 0.123. The van der Waals surface area contributed by atoms with Gasteiger partial charge >= 0.3 is 12.0 Å². The van der Waals surface area contributed by atoms with Crippen molar-refractivity contribution in [2.45, 2.75) is 33.2 Å². The van der Waals surface area contributed by atoms with Gasteiger partial charge in [0, 0.05) is 12.6 Å². The third kappa shape index (κ3) is 2.92. The van der Waals surface area contributed by atoms with E-state index in [9.17, 15) is 14.7 Å². The van der Waals surface area contributed by atoms with E-state index >= 15 is 0 Å². The van der Waals surface area contributed by atoms with Crippen LogP contribution in [-0.2, 0) is 0 Å². The number of carbonyl (C=O) groups excluding carboxylic acids is 1.